The van der Waals surface area contributed by atoms with Crippen LogP contribution in [-0.4, -0.2) is 7.11 Å². The molecule has 0 bridgehead atoms. The highest BCUT2D eigenvalue weighted by molar-refractivity contribution is 5.78. The minimum Gasteiger partial charge on any atom is -0.497 e. The van der Waals surface area contributed by atoms with Crippen LogP contribution in [-0.2, 0) is 6.42 Å². The summed E-state index contributed by atoms with van der Waals surface area (Å²) in [5, 5.41) is 9.57. The number of aromatic nitrogens is 1. The van der Waals surface area contributed by atoms with Crippen LogP contribution in [0.25, 0.3) is 11.1 Å². The molecule has 0 fully saturated rings. The van der Waals surface area contributed by atoms with Gasteiger partial charge in [-0.15, -0.1) is 0 Å². The molecule has 0 aliphatic heterocycles. The van der Waals surface area contributed by atoms with Gasteiger partial charge in [0.25, 0.3) is 5.82 Å². The van der Waals surface area contributed by atoms with Crippen molar-refractivity contribution in [3.05, 3.63) is 41.1 Å². The zero-order chi connectivity index (χ0) is 15.7. The third-order valence-electron chi connectivity index (χ3n) is 4.45. The summed E-state index contributed by atoms with van der Waals surface area (Å²) in [4.78, 5) is 3.24. The van der Waals surface area contributed by atoms with Crippen LogP contribution in [0.3, 0.4) is 0 Å². The fourth-order valence-corrected chi connectivity index (χ4v) is 3.36. The molecule has 0 radical (unpaired) electrons. The Morgan fingerprint density at radius 1 is 1.32 bits per heavy atom. The first-order chi connectivity index (χ1) is 10.7. The van der Waals surface area contributed by atoms with Gasteiger partial charge in [0, 0.05) is 17.5 Å². The van der Waals surface area contributed by atoms with Gasteiger partial charge in [0.15, 0.2) is 0 Å². The summed E-state index contributed by atoms with van der Waals surface area (Å²) in [6.07, 6.45) is 3.27. The van der Waals surface area contributed by atoms with Gasteiger partial charge in [0.2, 0.25) is 0 Å². The maximum Gasteiger partial charge on any atom is 0.289 e. The van der Waals surface area contributed by atoms with Gasteiger partial charge in [-0.2, -0.15) is 5.26 Å². The van der Waals surface area contributed by atoms with Gasteiger partial charge in [-0.25, -0.2) is 4.98 Å². The minimum atomic E-state index is 0.421. The van der Waals surface area contributed by atoms with Crippen molar-refractivity contribution in [2.24, 2.45) is 0 Å². The van der Waals surface area contributed by atoms with Crippen LogP contribution >= 0.6 is 0 Å². The van der Waals surface area contributed by atoms with Gasteiger partial charge in [-0.1, -0.05) is 19.1 Å². The molecule has 4 heteroatoms. The number of nitriles is 1. The smallest absolute Gasteiger partial charge is 0.289 e. The maximum absolute atomic E-state index is 9.57. The van der Waals surface area contributed by atoms with E-state index in [0.717, 1.165) is 36.1 Å². The van der Waals surface area contributed by atoms with E-state index in [1.807, 2.05) is 24.3 Å². The fraction of sp³-hybridized carbons (Fsp3) is 0.333. The number of hydrogen-bond donors (Lipinski definition) is 1. The van der Waals surface area contributed by atoms with Gasteiger partial charge in [0.05, 0.1) is 7.11 Å². The molecule has 3 N–H and O–H groups in total. The Kier molecular flexibility index (Phi) is 3.72. The van der Waals surface area contributed by atoms with Crippen molar-refractivity contribution < 1.29 is 9.72 Å². The Labute approximate surface area is 130 Å². The average molecular weight is 294 g/mol. The van der Waals surface area contributed by atoms with E-state index in [0.29, 0.717) is 17.3 Å². The molecule has 0 saturated heterocycles. The van der Waals surface area contributed by atoms with Crippen LogP contribution in [0.4, 0.5) is 5.82 Å². The van der Waals surface area contributed by atoms with Gasteiger partial charge >= 0.3 is 0 Å². The predicted molar refractivity (Wildman–Crippen MR) is 85.5 cm³/mol. The molecule has 2 aromatic rings. The zero-order valence-electron chi connectivity index (χ0n) is 12.9. The second-order valence-corrected chi connectivity index (χ2v) is 5.81. The Morgan fingerprint density at radius 3 is 2.68 bits per heavy atom. The molecule has 4 nitrogen and oxygen atoms in total. The normalized spacial score (nSPS) is 16.7. The van der Waals surface area contributed by atoms with Crippen LogP contribution in [0.2, 0.25) is 0 Å². The summed E-state index contributed by atoms with van der Waals surface area (Å²) in [6, 6.07) is 10.1. The van der Waals surface area contributed by atoms with Crippen LogP contribution in [0, 0.1) is 11.3 Å². The Morgan fingerprint density at radius 2 is 2.05 bits per heavy atom. The van der Waals surface area contributed by atoms with Crippen LogP contribution < -0.4 is 15.5 Å². The lowest BCUT2D eigenvalue weighted by atomic mass is 9.80. The molecule has 1 aliphatic rings. The van der Waals surface area contributed by atoms with E-state index in [2.05, 4.69) is 18.0 Å². The average Bonchev–Trinajstić information content (AvgIpc) is 2.54. The molecule has 1 aromatic heterocycles. The lowest BCUT2D eigenvalue weighted by molar-refractivity contribution is -0.374. The summed E-state index contributed by atoms with van der Waals surface area (Å²) in [5.74, 6) is 1.69. The second-order valence-electron chi connectivity index (χ2n) is 5.81. The zero-order valence-corrected chi connectivity index (χ0v) is 12.9. The first-order valence-corrected chi connectivity index (χ1v) is 7.57. The number of ether oxygens (including phenoxy) is 1. The van der Waals surface area contributed by atoms with Crippen LogP contribution in [0.5, 0.6) is 5.75 Å². The topological polar surface area (TPSA) is 73.2 Å². The van der Waals surface area contributed by atoms with Crippen molar-refractivity contribution >= 4 is 5.82 Å². The molecule has 0 spiro atoms. The molecule has 0 amide bonds. The Balaban J connectivity index is 2.28. The number of nitrogens with two attached hydrogens (primary N) is 1. The third kappa shape index (κ3) is 2.29. The molecule has 1 aliphatic carbocycles. The number of anilines is 1. The number of H-pyrrole nitrogens is 1. The highest BCUT2D eigenvalue weighted by Crippen LogP contribution is 2.40. The number of pyridine rings is 1. The molecule has 0 saturated carbocycles. The fourth-order valence-electron chi connectivity index (χ4n) is 3.36. The van der Waals surface area contributed by atoms with Crippen molar-refractivity contribution in [1.29, 1.82) is 5.26 Å². The van der Waals surface area contributed by atoms with E-state index in [9.17, 15) is 5.26 Å². The third-order valence-corrected chi connectivity index (χ3v) is 4.45. The van der Waals surface area contributed by atoms with E-state index in [-0.39, 0.29) is 0 Å². The lowest BCUT2D eigenvalue weighted by Gasteiger charge is -2.24. The number of nitrogens with zero attached hydrogens (tertiary/aromatic N) is 1. The number of rotatable bonds is 2. The maximum atomic E-state index is 9.57. The quantitative estimate of drug-likeness (QED) is 0.925. The van der Waals surface area contributed by atoms with E-state index in [4.69, 9.17) is 10.5 Å². The van der Waals surface area contributed by atoms with Crippen molar-refractivity contribution in [1.82, 2.24) is 0 Å². The highest BCUT2D eigenvalue weighted by Gasteiger charge is 2.28. The molecule has 112 valence electrons. The largest absolute Gasteiger partial charge is 0.497 e. The number of methoxy groups -OCH3 is 1. The molecule has 1 heterocycles. The van der Waals surface area contributed by atoms with E-state index in [1.54, 1.807) is 7.11 Å². The number of aromatic amines is 1. The number of fused-ring (bicyclic) bond motifs is 1. The number of nitrogen functional groups attached to an aromatic ring is 1. The molecular weight excluding hydrogens is 274 g/mol. The SMILES string of the molecule is COc1ccc(-c2c(C#N)c(N)[nH+]c3c2[C@H](C)CCC3)cc1. The van der Waals surface area contributed by atoms with Crippen molar-refractivity contribution in [2.45, 2.75) is 32.1 Å². The molecule has 3 rings (SSSR count). The summed E-state index contributed by atoms with van der Waals surface area (Å²) in [5.41, 5.74) is 11.0. The number of hydrogen-bond acceptors (Lipinski definition) is 3. The molecule has 0 unspecified atom stereocenters. The minimum absolute atomic E-state index is 0.421. The lowest BCUT2D eigenvalue weighted by Crippen LogP contribution is -2.25. The monoisotopic (exact) mass is 294 g/mol. The number of benzene rings is 1. The second kappa shape index (κ2) is 5.69. The molecule has 22 heavy (non-hydrogen) atoms. The number of aryl methyl sites for hydroxylation is 1. The molecule has 1 aromatic carbocycles. The van der Waals surface area contributed by atoms with Gasteiger partial charge < -0.3 is 4.74 Å². The summed E-state index contributed by atoms with van der Waals surface area (Å²) in [6.45, 7) is 2.22. The Bertz CT molecular complexity index is 744. The van der Waals surface area contributed by atoms with Crippen molar-refractivity contribution in [2.75, 3.05) is 12.8 Å². The Hall–Kier alpha value is -2.54. The highest BCUT2D eigenvalue weighted by atomic mass is 16.5. The van der Waals surface area contributed by atoms with E-state index < -0.39 is 0 Å². The summed E-state index contributed by atoms with van der Waals surface area (Å²) in [7, 11) is 1.65. The van der Waals surface area contributed by atoms with Crippen LogP contribution in [0.1, 0.15) is 42.5 Å². The standard InChI is InChI=1S/C18H19N3O/c1-11-4-3-5-15-16(11)17(14(10-19)18(20)21-15)12-6-8-13(22-2)9-7-12/h6-9,11H,3-5H2,1-2H3,(H2,20,21)/p+1/t11-/m1/s1. The van der Waals surface area contributed by atoms with Crippen LogP contribution in [0.15, 0.2) is 24.3 Å². The van der Waals surface area contributed by atoms with Gasteiger partial charge in [-0.05, 0) is 36.5 Å². The molecular formula is C18H20N3O+. The van der Waals surface area contributed by atoms with Gasteiger partial charge in [-0.3, -0.25) is 5.73 Å². The van der Waals surface area contributed by atoms with Gasteiger partial charge in [0.1, 0.15) is 23.1 Å². The van der Waals surface area contributed by atoms with Crippen molar-refractivity contribution in [3.63, 3.8) is 0 Å². The first kappa shape index (κ1) is 14.4. The van der Waals surface area contributed by atoms with Crippen molar-refractivity contribution in [3.8, 4) is 22.9 Å². The number of nitrogens with one attached hydrogen (secondary N) is 1. The first-order valence-electron chi connectivity index (χ1n) is 7.57. The summed E-state index contributed by atoms with van der Waals surface area (Å²) < 4.78 is 5.22. The predicted octanol–water partition coefficient (Wildman–Crippen LogP) is 3.07. The summed E-state index contributed by atoms with van der Waals surface area (Å²) >= 11 is 0. The molecule has 1 atom stereocenters. The van der Waals surface area contributed by atoms with E-state index in [1.165, 1.54) is 11.3 Å². The van der Waals surface area contributed by atoms with E-state index >= 15 is 0 Å².